The zero-order chi connectivity index (χ0) is 17.0. The fraction of sp³-hybridized carbons (Fsp3) is 0.684. The van der Waals surface area contributed by atoms with E-state index in [0.717, 1.165) is 49.6 Å². The Bertz CT molecular complexity index is 510. The molecule has 1 fully saturated rings. The predicted octanol–water partition coefficient (Wildman–Crippen LogP) is 2.67. The Labute approximate surface area is 140 Å². The van der Waals surface area contributed by atoms with Crippen molar-refractivity contribution >= 4 is 0 Å². The summed E-state index contributed by atoms with van der Waals surface area (Å²) in [6.07, 6.45) is -0.400. The van der Waals surface area contributed by atoms with Crippen LogP contribution in [-0.4, -0.2) is 48.8 Å². The van der Waals surface area contributed by atoms with Gasteiger partial charge in [-0.2, -0.15) is 0 Å². The van der Waals surface area contributed by atoms with E-state index < -0.39 is 6.10 Å². The molecule has 0 aliphatic carbocycles. The van der Waals surface area contributed by atoms with Gasteiger partial charge in [-0.05, 0) is 45.2 Å². The summed E-state index contributed by atoms with van der Waals surface area (Å²) < 4.78 is 6.01. The van der Waals surface area contributed by atoms with Crippen LogP contribution < -0.4 is 10.1 Å². The maximum absolute atomic E-state index is 10.9. The van der Waals surface area contributed by atoms with Gasteiger partial charge in [0.15, 0.2) is 0 Å². The van der Waals surface area contributed by atoms with Crippen molar-refractivity contribution < 1.29 is 9.84 Å². The molecule has 0 radical (unpaired) electrons. The highest BCUT2D eigenvalue weighted by Gasteiger charge is 2.24. The van der Waals surface area contributed by atoms with Gasteiger partial charge in [0, 0.05) is 38.3 Å². The van der Waals surface area contributed by atoms with Crippen molar-refractivity contribution in [2.75, 3.05) is 32.7 Å². The van der Waals surface area contributed by atoms with Crippen LogP contribution in [0.25, 0.3) is 0 Å². The Morgan fingerprint density at radius 2 is 1.83 bits per heavy atom. The van der Waals surface area contributed by atoms with Gasteiger partial charge in [0.1, 0.15) is 5.75 Å². The summed E-state index contributed by atoms with van der Waals surface area (Å²) in [7, 11) is 0. The van der Waals surface area contributed by atoms with Crippen molar-refractivity contribution in [1.29, 1.82) is 0 Å². The number of hydrogen-bond donors (Lipinski definition) is 2. The second-order valence-corrected chi connectivity index (χ2v) is 7.14. The first-order valence-corrected chi connectivity index (χ1v) is 8.77. The molecule has 2 unspecified atom stereocenters. The maximum atomic E-state index is 10.9. The van der Waals surface area contributed by atoms with Crippen LogP contribution in [-0.2, 0) is 0 Å². The van der Waals surface area contributed by atoms with Gasteiger partial charge < -0.3 is 20.1 Å². The number of benzene rings is 1. The average molecular weight is 320 g/mol. The largest absolute Gasteiger partial charge is 0.490 e. The molecule has 2 atom stereocenters. The Morgan fingerprint density at radius 3 is 2.43 bits per heavy atom. The highest BCUT2D eigenvalue weighted by molar-refractivity contribution is 5.45. The number of aliphatic hydroxyl groups is 1. The zero-order valence-corrected chi connectivity index (χ0v) is 15.2. The minimum Gasteiger partial charge on any atom is -0.490 e. The molecule has 1 aromatic carbocycles. The molecule has 1 heterocycles. The summed E-state index contributed by atoms with van der Waals surface area (Å²) in [6, 6.07) is 4.19. The van der Waals surface area contributed by atoms with E-state index in [-0.39, 0.29) is 12.0 Å². The summed E-state index contributed by atoms with van der Waals surface area (Å²) in [6.45, 7) is 15.4. The van der Waals surface area contributed by atoms with Crippen LogP contribution in [0.4, 0.5) is 0 Å². The lowest BCUT2D eigenvalue weighted by Gasteiger charge is -2.32. The first kappa shape index (κ1) is 18.2. The first-order valence-electron chi connectivity index (χ1n) is 8.77. The second kappa shape index (κ2) is 8.13. The lowest BCUT2D eigenvalue weighted by Crippen LogP contribution is -2.45. The molecule has 1 aliphatic rings. The quantitative estimate of drug-likeness (QED) is 0.846. The van der Waals surface area contributed by atoms with Gasteiger partial charge in [-0.1, -0.05) is 18.6 Å². The predicted molar refractivity (Wildman–Crippen MR) is 95.1 cm³/mol. The third-order valence-electron chi connectivity index (χ3n) is 4.41. The molecule has 0 aromatic heterocycles. The number of nitrogens with one attached hydrogen (secondary N) is 1. The van der Waals surface area contributed by atoms with Crippen LogP contribution in [0.1, 0.15) is 43.6 Å². The second-order valence-electron chi connectivity index (χ2n) is 7.14. The highest BCUT2D eigenvalue weighted by Crippen LogP contribution is 2.35. The zero-order valence-electron chi connectivity index (χ0n) is 15.2. The minimum atomic E-state index is -0.503. The van der Waals surface area contributed by atoms with Gasteiger partial charge in [-0.3, -0.25) is 0 Å². The standard InChI is InChI=1S/C19H32N2O2/c1-13(2)23-19-15(4)10-14(3)11-17(19)18(22)16(5)12-21-8-6-20-7-9-21/h10-11,13,16,18,20,22H,6-9,12H2,1-5H3. The van der Waals surface area contributed by atoms with Crippen LogP contribution >= 0.6 is 0 Å². The molecular formula is C19H32N2O2. The number of aliphatic hydroxyl groups excluding tert-OH is 1. The Balaban J connectivity index is 2.17. The van der Waals surface area contributed by atoms with Crippen molar-refractivity contribution in [1.82, 2.24) is 10.2 Å². The van der Waals surface area contributed by atoms with Gasteiger partial charge in [0.25, 0.3) is 0 Å². The molecule has 1 saturated heterocycles. The Morgan fingerprint density at radius 1 is 1.17 bits per heavy atom. The van der Waals surface area contributed by atoms with E-state index in [1.165, 1.54) is 5.56 Å². The molecule has 23 heavy (non-hydrogen) atoms. The smallest absolute Gasteiger partial charge is 0.128 e. The third-order valence-corrected chi connectivity index (χ3v) is 4.41. The van der Waals surface area contributed by atoms with Crippen LogP contribution in [0, 0.1) is 19.8 Å². The summed E-state index contributed by atoms with van der Waals surface area (Å²) in [4.78, 5) is 2.43. The molecule has 4 nitrogen and oxygen atoms in total. The Hall–Kier alpha value is -1.10. The van der Waals surface area contributed by atoms with Gasteiger partial charge >= 0.3 is 0 Å². The van der Waals surface area contributed by atoms with Gasteiger partial charge in [-0.15, -0.1) is 0 Å². The van der Waals surface area contributed by atoms with E-state index in [4.69, 9.17) is 4.74 Å². The number of aryl methyl sites for hydroxylation is 2. The number of nitrogens with zero attached hydrogens (tertiary/aromatic N) is 1. The molecular weight excluding hydrogens is 288 g/mol. The summed E-state index contributed by atoms with van der Waals surface area (Å²) in [5, 5.41) is 14.3. The summed E-state index contributed by atoms with van der Waals surface area (Å²) >= 11 is 0. The maximum Gasteiger partial charge on any atom is 0.128 e. The minimum absolute atomic E-state index is 0.103. The highest BCUT2D eigenvalue weighted by atomic mass is 16.5. The molecule has 0 saturated carbocycles. The molecule has 1 aromatic rings. The van der Waals surface area contributed by atoms with Crippen LogP contribution in [0.15, 0.2) is 12.1 Å². The van der Waals surface area contributed by atoms with Gasteiger partial charge in [-0.25, -0.2) is 0 Å². The van der Waals surface area contributed by atoms with E-state index in [1.807, 2.05) is 13.8 Å². The van der Waals surface area contributed by atoms with Crippen molar-refractivity contribution in [3.8, 4) is 5.75 Å². The fourth-order valence-electron chi connectivity index (χ4n) is 3.31. The van der Waals surface area contributed by atoms with E-state index in [9.17, 15) is 5.11 Å². The number of ether oxygens (including phenoxy) is 1. The summed E-state index contributed by atoms with van der Waals surface area (Å²) in [5.41, 5.74) is 3.20. The number of rotatable bonds is 6. The van der Waals surface area contributed by atoms with Crippen molar-refractivity contribution in [3.05, 3.63) is 28.8 Å². The lowest BCUT2D eigenvalue weighted by atomic mass is 9.93. The van der Waals surface area contributed by atoms with Crippen LogP contribution in [0.3, 0.4) is 0 Å². The van der Waals surface area contributed by atoms with Crippen LogP contribution in [0.2, 0.25) is 0 Å². The number of hydrogen-bond acceptors (Lipinski definition) is 4. The Kier molecular flexibility index (Phi) is 6.45. The molecule has 1 aliphatic heterocycles. The SMILES string of the molecule is Cc1cc(C)c(OC(C)C)c(C(O)C(C)CN2CCNCC2)c1. The molecule has 130 valence electrons. The summed E-state index contributed by atoms with van der Waals surface area (Å²) in [5.74, 6) is 1.02. The molecule has 0 bridgehead atoms. The van der Waals surface area contributed by atoms with E-state index in [0.29, 0.717) is 0 Å². The van der Waals surface area contributed by atoms with Gasteiger partial charge in [0.2, 0.25) is 0 Å². The topological polar surface area (TPSA) is 44.7 Å². The molecule has 0 spiro atoms. The molecule has 2 N–H and O–H groups in total. The van der Waals surface area contributed by atoms with Crippen molar-refractivity contribution in [3.63, 3.8) is 0 Å². The average Bonchev–Trinajstić information content (AvgIpc) is 2.49. The molecule has 0 amide bonds. The fourth-order valence-corrected chi connectivity index (χ4v) is 3.31. The monoisotopic (exact) mass is 320 g/mol. The van der Waals surface area contributed by atoms with Crippen molar-refractivity contribution in [2.24, 2.45) is 5.92 Å². The van der Waals surface area contributed by atoms with Crippen LogP contribution in [0.5, 0.6) is 5.75 Å². The van der Waals surface area contributed by atoms with E-state index in [1.54, 1.807) is 0 Å². The molecule has 4 heteroatoms. The van der Waals surface area contributed by atoms with Crippen molar-refractivity contribution in [2.45, 2.75) is 46.8 Å². The lowest BCUT2D eigenvalue weighted by molar-refractivity contribution is 0.0802. The third kappa shape index (κ3) is 4.93. The normalized spacial score (nSPS) is 18.9. The molecule has 2 rings (SSSR count). The number of piperazine rings is 1. The van der Waals surface area contributed by atoms with E-state index >= 15 is 0 Å². The van der Waals surface area contributed by atoms with E-state index in [2.05, 4.69) is 43.1 Å². The first-order chi connectivity index (χ1) is 10.9. The van der Waals surface area contributed by atoms with Gasteiger partial charge in [0.05, 0.1) is 12.2 Å².